The molecule has 17 heavy (non-hydrogen) atoms. The summed E-state index contributed by atoms with van der Waals surface area (Å²) in [6.07, 6.45) is 8.40. The van der Waals surface area contributed by atoms with Crippen LogP contribution < -0.4 is 5.32 Å². The van der Waals surface area contributed by atoms with E-state index in [0.717, 1.165) is 24.5 Å². The van der Waals surface area contributed by atoms with Gasteiger partial charge in [0.1, 0.15) is 0 Å². The summed E-state index contributed by atoms with van der Waals surface area (Å²) in [7, 11) is 2.05. The van der Waals surface area contributed by atoms with Crippen LogP contribution in [-0.2, 0) is 0 Å². The molecule has 1 N–H and O–H groups in total. The predicted molar refractivity (Wildman–Crippen MR) is 76.4 cm³/mol. The van der Waals surface area contributed by atoms with E-state index in [1.54, 1.807) is 0 Å². The maximum absolute atomic E-state index is 3.25. The molecule has 1 unspecified atom stereocenters. The highest BCUT2D eigenvalue weighted by atomic mass is 15.2. The van der Waals surface area contributed by atoms with Gasteiger partial charge in [-0.3, -0.25) is 4.90 Å². The molecule has 1 rings (SSSR count). The zero-order chi connectivity index (χ0) is 12.7. The Morgan fingerprint density at radius 2 is 1.82 bits per heavy atom. The first kappa shape index (κ1) is 15.0. The number of nitrogens with one attached hydrogen (secondary N) is 1. The zero-order valence-electron chi connectivity index (χ0n) is 12.3. The molecule has 0 aromatic carbocycles. The summed E-state index contributed by atoms with van der Waals surface area (Å²) in [6, 6.07) is 1.64. The van der Waals surface area contributed by atoms with Crippen molar-refractivity contribution in [3.8, 4) is 0 Å². The van der Waals surface area contributed by atoms with Crippen LogP contribution in [0.15, 0.2) is 0 Å². The maximum Gasteiger partial charge on any atom is 0.00981 e. The summed E-state index contributed by atoms with van der Waals surface area (Å²) in [5.41, 5.74) is 0. The first-order valence-electron chi connectivity index (χ1n) is 7.55. The van der Waals surface area contributed by atoms with Gasteiger partial charge in [-0.1, -0.05) is 26.7 Å². The minimum atomic E-state index is 0.758. The minimum absolute atomic E-state index is 0.758. The first-order chi connectivity index (χ1) is 8.15. The van der Waals surface area contributed by atoms with E-state index in [9.17, 15) is 0 Å². The Morgan fingerprint density at radius 1 is 1.18 bits per heavy atom. The molecule has 0 spiro atoms. The number of rotatable bonds is 8. The lowest BCUT2D eigenvalue weighted by Gasteiger charge is -2.36. The Balaban J connectivity index is 2.42. The summed E-state index contributed by atoms with van der Waals surface area (Å²) >= 11 is 0. The average molecular weight is 240 g/mol. The van der Waals surface area contributed by atoms with E-state index in [1.165, 1.54) is 45.1 Å². The van der Waals surface area contributed by atoms with E-state index in [2.05, 4.69) is 31.0 Å². The van der Waals surface area contributed by atoms with Crippen LogP contribution in [0, 0.1) is 5.92 Å². The molecule has 1 aliphatic rings. The van der Waals surface area contributed by atoms with Gasteiger partial charge in [-0.15, -0.1) is 0 Å². The Labute approximate surface area is 108 Å². The van der Waals surface area contributed by atoms with Gasteiger partial charge >= 0.3 is 0 Å². The highest BCUT2D eigenvalue weighted by Crippen LogP contribution is 2.27. The summed E-state index contributed by atoms with van der Waals surface area (Å²) in [5, 5.41) is 3.25. The van der Waals surface area contributed by atoms with Crippen molar-refractivity contribution in [2.75, 3.05) is 20.1 Å². The van der Waals surface area contributed by atoms with Gasteiger partial charge in [0.05, 0.1) is 0 Å². The van der Waals surface area contributed by atoms with Gasteiger partial charge in [-0.25, -0.2) is 0 Å². The van der Waals surface area contributed by atoms with Gasteiger partial charge in [0.2, 0.25) is 0 Å². The monoisotopic (exact) mass is 240 g/mol. The minimum Gasteiger partial charge on any atom is -0.320 e. The third-order valence-electron chi connectivity index (χ3n) is 3.98. The number of nitrogens with zero attached hydrogens (tertiary/aromatic N) is 1. The van der Waals surface area contributed by atoms with Crippen LogP contribution in [0.4, 0.5) is 0 Å². The van der Waals surface area contributed by atoms with Crippen molar-refractivity contribution in [1.29, 1.82) is 0 Å². The average Bonchev–Trinajstić information content (AvgIpc) is 2.79. The normalized spacial score (nSPS) is 19.4. The van der Waals surface area contributed by atoms with Crippen molar-refractivity contribution in [2.24, 2.45) is 5.92 Å². The molecule has 0 aromatic heterocycles. The van der Waals surface area contributed by atoms with E-state index in [1.807, 2.05) is 7.05 Å². The van der Waals surface area contributed by atoms with Gasteiger partial charge < -0.3 is 5.32 Å². The third kappa shape index (κ3) is 5.39. The van der Waals surface area contributed by atoms with Crippen molar-refractivity contribution in [3.63, 3.8) is 0 Å². The van der Waals surface area contributed by atoms with Crippen molar-refractivity contribution in [3.05, 3.63) is 0 Å². The van der Waals surface area contributed by atoms with Crippen LogP contribution in [0.3, 0.4) is 0 Å². The molecule has 1 saturated carbocycles. The number of hydrogen-bond acceptors (Lipinski definition) is 2. The fourth-order valence-corrected chi connectivity index (χ4v) is 3.09. The van der Waals surface area contributed by atoms with Crippen LogP contribution in [0.1, 0.15) is 59.3 Å². The van der Waals surface area contributed by atoms with Crippen molar-refractivity contribution >= 4 is 0 Å². The van der Waals surface area contributed by atoms with Gasteiger partial charge in [-0.05, 0) is 52.1 Å². The summed E-state index contributed by atoms with van der Waals surface area (Å²) in [4.78, 5) is 2.80. The lowest BCUT2D eigenvalue weighted by Crippen LogP contribution is -2.42. The standard InChI is InChI=1S/C15H32N2/c1-13(2)12-17(15-9-5-6-10-15)14(3)8-7-11-16-4/h13-16H,5-12H2,1-4H3. The fraction of sp³-hybridized carbons (Fsp3) is 1.00. The molecule has 0 amide bonds. The largest absolute Gasteiger partial charge is 0.320 e. The van der Waals surface area contributed by atoms with E-state index < -0.39 is 0 Å². The van der Waals surface area contributed by atoms with Gasteiger partial charge in [0.15, 0.2) is 0 Å². The zero-order valence-corrected chi connectivity index (χ0v) is 12.3. The predicted octanol–water partition coefficient (Wildman–Crippen LogP) is 3.28. The van der Waals surface area contributed by atoms with E-state index >= 15 is 0 Å². The quantitative estimate of drug-likeness (QED) is 0.655. The van der Waals surface area contributed by atoms with Crippen molar-refractivity contribution in [2.45, 2.75) is 71.4 Å². The molecule has 0 bridgehead atoms. The van der Waals surface area contributed by atoms with E-state index in [0.29, 0.717) is 0 Å². The Morgan fingerprint density at radius 3 is 2.35 bits per heavy atom. The maximum atomic E-state index is 3.25. The second kappa shape index (κ2) is 8.10. The molecule has 2 nitrogen and oxygen atoms in total. The summed E-state index contributed by atoms with van der Waals surface area (Å²) in [5.74, 6) is 0.794. The van der Waals surface area contributed by atoms with Gasteiger partial charge in [0, 0.05) is 18.6 Å². The van der Waals surface area contributed by atoms with Crippen LogP contribution in [-0.4, -0.2) is 37.1 Å². The molecule has 0 heterocycles. The molecule has 0 aromatic rings. The van der Waals surface area contributed by atoms with Gasteiger partial charge in [0.25, 0.3) is 0 Å². The SMILES string of the molecule is CNCCCC(C)N(CC(C)C)C1CCCC1. The Kier molecular flexibility index (Phi) is 7.14. The van der Waals surface area contributed by atoms with Crippen LogP contribution in [0.2, 0.25) is 0 Å². The molecule has 2 heteroatoms. The molecule has 0 radical (unpaired) electrons. The lowest BCUT2D eigenvalue weighted by molar-refractivity contribution is 0.120. The van der Waals surface area contributed by atoms with E-state index in [4.69, 9.17) is 0 Å². The third-order valence-corrected chi connectivity index (χ3v) is 3.98. The van der Waals surface area contributed by atoms with Crippen molar-refractivity contribution < 1.29 is 0 Å². The lowest BCUT2D eigenvalue weighted by atomic mass is 10.0. The molecule has 1 aliphatic carbocycles. The topological polar surface area (TPSA) is 15.3 Å². The summed E-state index contributed by atoms with van der Waals surface area (Å²) < 4.78 is 0. The molecular weight excluding hydrogens is 208 g/mol. The van der Waals surface area contributed by atoms with Crippen LogP contribution >= 0.6 is 0 Å². The van der Waals surface area contributed by atoms with Crippen LogP contribution in [0.25, 0.3) is 0 Å². The molecule has 102 valence electrons. The summed E-state index contributed by atoms with van der Waals surface area (Å²) in [6.45, 7) is 9.57. The second-order valence-corrected chi connectivity index (χ2v) is 6.12. The molecule has 1 fully saturated rings. The fourth-order valence-electron chi connectivity index (χ4n) is 3.09. The highest BCUT2D eigenvalue weighted by Gasteiger charge is 2.26. The highest BCUT2D eigenvalue weighted by molar-refractivity contribution is 4.81. The smallest absolute Gasteiger partial charge is 0.00981 e. The number of hydrogen-bond donors (Lipinski definition) is 1. The molecule has 0 aliphatic heterocycles. The Bertz CT molecular complexity index is 185. The Hall–Kier alpha value is -0.0800. The molecular formula is C15H32N2. The van der Waals surface area contributed by atoms with E-state index in [-0.39, 0.29) is 0 Å². The molecule has 0 saturated heterocycles. The van der Waals surface area contributed by atoms with Gasteiger partial charge in [-0.2, -0.15) is 0 Å². The second-order valence-electron chi connectivity index (χ2n) is 6.12. The molecule has 1 atom stereocenters. The van der Waals surface area contributed by atoms with Crippen LogP contribution in [0.5, 0.6) is 0 Å². The first-order valence-corrected chi connectivity index (χ1v) is 7.55. The van der Waals surface area contributed by atoms with Crippen molar-refractivity contribution in [1.82, 2.24) is 10.2 Å².